The predicted molar refractivity (Wildman–Crippen MR) is 78.8 cm³/mol. The number of anilines is 1. The molecule has 1 amide bonds. The average Bonchev–Trinajstić information content (AvgIpc) is 2.91. The fraction of sp³-hybridized carbons (Fsp3) is 0.143. The van der Waals surface area contributed by atoms with Crippen molar-refractivity contribution in [3.05, 3.63) is 48.2 Å². The number of hydrogen-bond acceptors (Lipinski definition) is 5. The summed E-state index contributed by atoms with van der Waals surface area (Å²) in [5.74, 6) is -0.0220. The molecule has 3 aromatic rings. The third-order valence-electron chi connectivity index (χ3n) is 3.11. The van der Waals surface area contributed by atoms with Gasteiger partial charge in [0.15, 0.2) is 0 Å². The quantitative estimate of drug-likeness (QED) is 0.728. The van der Waals surface area contributed by atoms with Crippen LogP contribution in [0.25, 0.3) is 11.0 Å². The summed E-state index contributed by atoms with van der Waals surface area (Å²) < 4.78 is 1.80. The first-order valence-electron chi connectivity index (χ1n) is 6.52. The summed E-state index contributed by atoms with van der Waals surface area (Å²) in [4.78, 5) is 15.4. The lowest BCUT2D eigenvalue weighted by Gasteiger charge is -2.08. The number of nitrogens with one attached hydrogen (secondary N) is 1. The van der Waals surface area contributed by atoms with Crippen molar-refractivity contribution < 1.29 is 4.79 Å². The highest BCUT2D eigenvalue weighted by Gasteiger charge is 2.08. The highest BCUT2D eigenvalue weighted by atomic mass is 16.1. The normalized spacial score (nSPS) is 10.7. The number of aromatic nitrogens is 4. The highest BCUT2D eigenvalue weighted by Crippen LogP contribution is 2.11. The minimum atomic E-state index is -0.503. The molecule has 0 aliphatic rings. The van der Waals surface area contributed by atoms with Crippen LogP contribution in [0.2, 0.25) is 0 Å². The van der Waals surface area contributed by atoms with E-state index in [0.717, 1.165) is 11.0 Å². The third-order valence-corrected chi connectivity index (χ3v) is 3.11. The fourth-order valence-corrected chi connectivity index (χ4v) is 2.11. The number of nitrogens with zero attached hydrogens (tertiary/aromatic N) is 4. The zero-order valence-corrected chi connectivity index (χ0v) is 11.2. The summed E-state index contributed by atoms with van der Waals surface area (Å²) in [6.07, 6.45) is 1.61. The van der Waals surface area contributed by atoms with E-state index in [2.05, 4.69) is 20.6 Å². The lowest BCUT2D eigenvalue weighted by molar-refractivity contribution is 0.100. The monoisotopic (exact) mass is 282 g/mol. The van der Waals surface area contributed by atoms with Gasteiger partial charge in [0.05, 0.1) is 17.6 Å². The van der Waals surface area contributed by atoms with Gasteiger partial charge in [0.1, 0.15) is 11.3 Å². The van der Waals surface area contributed by atoms with Crippen molar-refractivity contribution >= 4 is 22.8 Å². The summed E-state index contributed by atoms with van der Waals surface area (Å²) >= 11 is 0. The molecule has 7 heteroatoms. The molecule has 21 heavy (non-hydrogen) atoms. The molecule has 0 bridgehead atoms. The topological polar surface area (TPSA) is 98.7 Å². The molecule has 0 spiro atoms. The van der Waals surface area contributed by atoms with Crippen LogP contribution in [0.15, 0.2) is 42.6 Å². The molecular formula is C14H14N6O. The zero-order chi connectivity index (χ0) is 14.7. The fourth-order valence-electron chi connectivity index (χ4n) is 2.11. The van der Waals surface area contributed by atoms with Crippen molar-refractivity contribution in [2.75, 3.05) is 11.9 Å². The lowest BCUT2D eigenvalue weighted by atomic mass is 10.2. The van der Waals surface area contributed by atoms with Crippen LogP contribution in [0.5, 0.6) is 0 Å². The van der Waals surface area contributed by atoms with Gasteiger partial charge in [0.25, 0.3) is 5.91 Å². The highest BCUT2D eigenvalue weighted by molar-refractivity contribution is 5.97. The van der Waals surface area contributed by atoms with Gasteiger partial charge in [-0.2, -0.15) is 0 Å². The van der Waals surface area contributed by atoms with Crippen molar-refractivity contribution in [2.24, 2.45) is 5.73 Å². The Morgan fingerprint density at radius 1 is 1.24 bits per heavy atom. The molecule has 3 rings (SSSR count). The van der Waals surface area contributed by atoms with Crippen LogP contribution in [0.4, 0.5) is 5.82 Å². The average molecular weight is 282 g/mol. The van der Waals surface area contributed by atoms with Gasteiger partial charge in [-0.25, -0.2) is 9.67 Å². The number of amides is 1. The molecule has 0 aliphatic heterocycles. The first-order chi connectivity index (χ1) is 10.3. The maximum atomic E-state index is 11.3. The van der Waals surface area contributed by atoms with Crippen LogP contribution in [0, 0.1) is 0 Å². The van der Waals surface area contributed by atoms with Crippen molar-refractivity contribution in [1.82, 2.24) is 20.0 Å². The number of nitrogens with two attached hydrogens (primary N) is 1. The Bertz CT molecular complexity index is 782. The van der Waals surface area contributed by atoms with Crippen molar-refractivity contribution in [3.63, 3.8) is 0 Å². The number of benzene rings is 1. The summed E-state index contributed by atoms with van der Waals surface area (Å²) in [6, 6.07) is 11.1. The van der Waals surface area contributed by atoms with E-state index in [4.69, 9.17) is 5.73 Å². The maximum Gasteiger partial charge on any atom is 0.252 e. The summed E-state index contributed by atoms with van der Waals surface area (Å²) in [5.41, 5.74) is 7.51. The molecule has 106 valence electrons. The minimum Gasteiger partial charge on any atom is -0.368 e. The molecule has 0 atom stereocenters. The number of primary amides is 1. The van der Waals surface area contributed by atoms with E-state index in [1.54, 1.807) is 23.0 Å². The molecule has 0 unspecified atom stereocenters. The van der Waals surface area contributed by atoms with Crippen LogP contribution in [-0.2, 0) is 6.54 Å². The zero-order valence-electron chi connectivity index (χ0n) is 11.2. The van der Waals surface area contributed by atoms with E-state index < -0.39 is 5.91 Å². The SMILES string of the molecule is NC(=O)c1cccnc1NCCn1nnc2ccccc21. The molecule has 0 aliphatic carbocycles. The predicted octanol–water partition coefficient (Wildman–Crippen LogP) is 1.04. The van der Waals surface area contributed by atoms with Gasteiger partial charge in [-0.15, -0.1) is 5.10 Å². The molecule has 0 radical (unpaired) electrons. The number of pyridine rings is 1. The smallest absolute Gasteiger partial charge is 0.252 e. The summed E-state index contributed by atoms with van der Waals surface area (Å²) in [7, 11) is 0. The van der Waals surface area contributed by atoms with Crippen LogP contribution >= 0.6 is 0 Å². The first kappa shape index (κ1) is 13.0. The molecule has 1 aromatic carbocycles. The number of para-hydroxylation sites is 1. The Morgan fingerprint density at radius 3 is 2.95 bits per heavy atom. The van der Waals surface area contributed by atoms with Crippen LogP contribution < -0.4 is 11.1 Å². The van der Waals surface area contributed by atoms with E-state index in [9.17, 15) is 4.79 Å². The Hall–Kier alpha value is -2.96. The Kier molecular flexibility index (Phi) is 3.46. The maximum absolute atomic E-state index is 11.3. The summed E-state index contributed by atoms with van der Waals surface area (Å²) in [6.45, 7) is 1.17. The van der Waals surface area contributed by atoms with Gasteiger partial charge < -0.3 is 11.1 Å². The second-order valence-corrected chi connectivity index (χ2v) is 4.49. The van der Waals surface area contributed by atoms with E-state index in [0.29, 0.717) is 24.5 Å². The molecule has 3 N–H and O–H groups in total. The van der Waals surface area contributed by atoms with E-state index in [-0.39, 0.29) is 0 Å². The van der Waals surface area contributed by atoms with Crippen molar-refractivity contribution in [2.45, 2.75) is 6.54 Å². The van der Waals surface area contributed by atoms with Crippen molar-refractivity contribution in [3.8, 4) is 0 Å². The molecule has 2 heterocycles. The van der Waals surface area contributed by atoms with Gasteiger partial charge in [0.2, 0.25) is 0 Å². The number of fused-ring (bicyclic) bond motifs is 1. The van der Waals surface area contributed by atoms with Crippen LogP contribution in [0.3, 0.4) is 0 Å². The van der Waals surface area contributed by atoms with Gasteiger partial charge in [-0.1, -0.05) is 17.3 Å². The Balaban J connectivity index is 1.71. The molecule has 2 aromatic heterocycles. The van der Waals surface area contributed by atoms with E-state index >= 15 is 0 Å². The third kappa shape index (κ3) is 2.66. The van der Waals surface area contributed by atoms with Crippen LogP contribution in [-0.4, -0.2) is 32.4 Å². The van der Waals surface area contributed by atoms with E-state index in [1.165, 1.54) is 0 Å². The molecular weight excluding hydrogens is 268 g/mol. The van der Waals surface area contributed by atoms with Gasteiger partial charge in [-0.05, 0) is 24.3 Å². The van der Waals surface area contributed by atoms with Gasteiger partial charge in [-0.3, -0.25) is 4.79 Å². The number of carbonyl (C=O) groups excluding carboxylic acids is 1. The molecule has 7 nitrogen and oxygen atoms in total. The Morgan fingerprint density at radius 2 is 2.10 bits per heavy atom. The first-order valence-corrected chi connectivity index (χ1v) is 6.52. The molecule has 0 saturated heterocycles. The summed E-state index contributed by atoms with van der Waals surface area (Å²) in [5, 5.41) is 11.3. The van der Waals surface area contributed by atoms with E-state index in [1.807, 2.05) is 24.3 Å². The molecule has 0 fully saturated rings. The van der Waals surface area contributed by atoms with Crippen molar-refractivity contribution in [1.29, 1.82) is 0 Å². The minimum absolute atomic E-state index is 0.376. The van der Waals surface area contributed by atoms with Gasteiger partial charge in [0, 0.05) is 12.7 Å². The molecule has 0 saturated carbocycles. The Labute approximate surface area is 120 Å². The van der Waals surface area contributed by atoms with Gasteiger partial charge >= 0.3 is 0 Å². The largest absolute Gasteiger partial charge is 0.368 e. The lowest BCUT2D eigenvalue weighted by Crippen LogP contribution is -2.18. The standard InChI is InChI=1S/C14H14N6O/c15-13(21)10-4-3-7-16-14(10)17-8-9-20-12-6-2-1-5-11(12)18-19-20/h1-7H,8-9H2,(H2,15,21)(H,16,17). The number of rotatable bonds is 5. The second-order valence-electron chi connectivity index (χ2n) is 4.49. The second kappa shape index (κ2) is 5.58. The number of hydrogen-bond donors (Lipinski definition) is 2. The van der Waals surface area contributed by atoms with Crippen LogP contribution in [0.1, 0.15) is 10.4 Å². The number of carbonyl (C=O) groups is 1.